The van der Waals surface area contributed by atoms with E-state index in [4.69, 9.17) is 4.42 Å². The molecule has 1 N–H and O–H groups in total. The van der Waals surface area contributed by atoms with Gasteiger partial charge in [-0.15, -0.1) is 11.3 Å². The molecule has 1 aliphatic heterocycles. The van der Waals surface area contributed by atoms with E-state index in [1.807, 2.05) is 41.3 Å². The van der Waals surface area contributed by atoms with Crippen molar-refractivity contribution in [1.29, 1.82) is 0 Å². The van der Waals surface area contributed by atoms with Gasteiger partial charge in [0, 0.05) is 19.0 Å². The number of nitrogens with zero attached hydrogens (tertiary/aromatic N) is 2. The summed E-state index contributed by atoms with van der Waals surface area (Å²) in [5.74, 6) is 1.18. The zero-order valence-corrected chi connectivity index (χ0v) is 16.9. The molecule has 0 bridgehead atoms. The number of fused-ring (bicyclic) bond motifs is 1. The lowest BCUT2D eigenvalue weighted by atomic mass is 10.1. The summed E-state index contributed by atoms with van der Waals surface area (Å²) in [6.45, 7) is 0.863. The molecule has 2 amide bonds. The maximum atomic E-state index is 12.6. The molecule has 6 nitrogen and oxygen atoms in total. The molecule has 2 aliphatic rings. The molecule has 29 heavy (non-hydrogen) atoms. The third kappa shape index (κ3) is 3.67. The molecule has 1 saturated carbocycles. The van der Waals surface area contributed by atoms with Crippen molar-refractivity contribution in [2.45, 2.75) is 44.7 Å². The molecular formula is C22H23N3O3S. The maximum Gasteiger partial charge on any atom is 0.225 e. The van der Waals surface area contributed by atoms with Crippen LogP contribution in [0.2, 0.25) is 0 Å². The number of carbonyl (C=O) groups is 2. The van der Waals surface area contributed by atoms with Crippen LogP contribution >= 0.6 is 11.3 Å². The third-order valence-electron chi connectivity index (χ3n) is 5.90. The number of amides is 2. The van der Waals surface area contributed by atoms with Crippen LogP contribution in [-0.2, 0) is 16.1 Å². The van der Waals surface area contributed by atoms with Gasteiger partial charge < -0.3 is 14.6 Å². The van der Waals surface area contributed by atoms with Crippen molar-refractivity contribution in [3.63, 3.8) is 0 Å². The third-order valence-corrected chi connectivity index (χ3v) is 6.95. The monoisotopic (exact) mass is 409 g/mol. The van der Waals surface area contributed by atoms with E-state index in [1.54, 1.807) is 11.3 Å². The lowest BCUT2D eigenvalue weighted by molar-refractivity contribution is -0.130. The molecule has 2 aromatic heterocycles. The highest BCUT2D eigenvalue weighted by atomic mass is 32.1. The Kier molecular flexibility index (Phi) is 4.83. The predicted molar refractivity (Wildman–Crippen MR) is 111 cm³/mol. The van der Waals surface area contributed by atoms with Crippen LogP contribution in [-0.4, -0.2) is 34.3 Å². The number of benzene rings is 1. The van der Waals surface area contributed by atoms with E-state index < -0.39 is 0 Å². The molecule has 7 heteroatoms. The van der Waals surface area contributed by atoms with Gasteiger partial charge in [-0.3, -0.25) is 9.59 Å². The van der Waals surface area contributed by atoms with Crippen molar-refractivity contribution in [3.05, 3.63) is 42.2 Å². The summed E-state index contributed by atoms with van der Waals surface area (Å²) in [5, 5.41) is 3.77. The number of hydrogen-bond donors (Lipinski definition) is 1. The fourth-order valence-corrected chi connectivity index (χ4v) is 5.29. The molecule has 0 radical (unpaired) electrons. The van der Waals surface area contributed by atoms with Gasteiger partial charge in [0.1, 0.15) is 5.76 Å². The van der Waals surface area contributed by atoms with Gasteiger partial charge in [-0.1, -0.05) is 25.0 Å². The number of hydrogen-bond acceptors (Lipinski definition) is 5. The van der Waals surface area contributed by atoms with Crippen LogP contribution in [0, 0.1) is 5.92 Å². The first-order valence-corrected chi connectivity index (χ1v) is 11.0. The first-order valence-electron chi connectivity index (χ1n) is 10.2. The Morgan fingerprint density at radius 3 is 2.86 bits per heavy atom. The number of carbonyl (C=O) groups excluding carboxylic acids is 2. The molecule has 150 valence electrons. The summed E-state index contributed by atoms with van der Waals surface area (Å²) in [6.07, 6.45) is 4.82. The summed E-state index contributed by atoms with van der Waals surface area (Å²) >= 11 is 1.59. The van der Waals surface area contributed by atoms with Crippen LogP contribution < -0.4 is 5.32 Å². The number of furan rings is 1. The highest BCUT2D eigenvalue weighted by Crippen LogP contribution is 2.32. The minimum Gasteiger partial charge on any atom is -0.457 e. The number of thiazole rings is 1. The number of para-hydroxylation sites is 1. The van der Waals surface area contributed by atoms with Gasteiger partial charge in [0.25, 0.3) is 0 Å². The van der Waals surface area contributed by atoms with Crippen molar-refractivity contribution in [2.24, 2.45) is 5.92 Å². The second-order valence-corrected chi connectivity index (χ2v) is 8.89. The minimum absolute atomic E-state index is 0.0724. The zero-order valence-electron chi connectivity index (χ0n) is 16.1. The Morgan fingerprint density at radius 1 is 1.21 bits per heavy atom. The minimum atomic E-state index is -0.262. The van der Waals surface area contributed by atoms with Crippen molar-refractivity contribution in [3.8, 4) is 10.8 Å². The van der Waals surface area contributed by atoms with Gasteiger partial charge in [-0.2, -0.15) is 0 Å². The lowest BCUT2D eigenvalue weighted by Gasteiger charge is -2.23. The largest absolute Gasteiger partial charge is 0.457 e. The first-order chi connectivity index (χ1) is 14.2. The molecule has 1 aromatic carbocycles. The summed E-state index contributed by atoms with van der Waals surface area (Å²) in [6, 6.07) is 12.1. The molecule has 1 aliphatic carbocycles. The summed E-state index contributed by atoms with van der Waals surface area (Å²) in [4.78, 5) is 31.4. The second kappa shape index (κ2) is 7.63. The molecule has 1 unspecified atom stereocenters. The van der Waals surface area contributed by atoms with Crippen molar-refractivity contribution < 1.29 is 14.0 Å². The Balaban J connectivity index is 1.19. The lowest BCUT2D eigenvalue weighted by Crippen LogP contribution is -2.36. The predicted octanol–water partition coefficient (Wildman–Crippen LogP) is 3.96. The Bertz CT molecular complexity index is 1020. The van der Waals surface area contributed by atoms with Crippen LogP contribution in [0.4, 0.5) is 0 Å². The van der Waals surface area contributed by atoms with Crippen LogP contribution in [0.1, 0.15) is 37.9 Å². The molecular weight excluding hydrogens is 386 g/mol. The summed E-state index contributed by atoms with van der Waals surface area (Å²) in [7, 11) is 0. The van der Waals surface area contributed by atoms with Crippen molar-refractivity contribution in [2.75, 3.05) is 6.54 Å². The SMILES string of the molecule is O=C(NCc1ccc(-c2nc3ccccc3s2)o1)C1CC(=O)N(C2CCCC2)C1. The zero-order chi connectivity index (χ0) is 19.8. The summed E-state index contributed by atoms with van der Waals surface area (Å²) in [5.41, 5.74) is 0.955. The van der Waals surface area contributed by atoms with Crippen molar-refractivity contribution >= 4 is 33.4 Å². The highest BCUT2D eigenvalue weighted by Gasteiger charge is 2.38. The molecule has 3 aromatic rings. The van der Waals surface area contributed by atoms with Gasteiger partial charge in [-0.05, 0) is 37.1 Å². The number of aromatic nitrogens is 1. The Morgan fingerprint density at radius 2 is 2.03 bits per heavy atom. The van der Waals surface area contributed by atoms with Gasteiger partial charge >= 0.3 is 0 Å². The van der Waals surface area contributed by atoms with Gasteiger partial charge in [0.2, 0.25) is 11.8 Å². The van der Waals surface area contributed by atoms with E-state index in [0.29, 0.717) is 37.1 Å². The van der Waals surface area contributed by atoms with Gasteiger partial charge in [0.05, 0.1) is 22.7 Å². The smallest absolute Gasteiger partial charge is 0.225 e. The molecule has 2 fully saturated rings. The molecule has 0 spiro atoms. The van der Waals surface area contributed by atoms with E-state index in [-0.39, 0.29) is 17.7 Å². The Labute approximate surface area is 172 Å². The Hall–Kier alpha value is -2.67. The number of nitrogens with one attached hydrogen (secondary N) is 1. The number of likely N-dealkylation sites (tertiary alicyclic amines) is 1. The van der Waals surface area contributed by atoms with Crippen LogP contribution in [0.25, 0.3) is 21.0 Å². The van der Waals surface area contributed by atoms with Crippen LogP contribution in [0.5, 0.6) is 0 Å². The van der Waals surface area contributed by atoms with Gasteiger partial charge in [0.15, 0.2) is 10.8 Å². The standard InChI is InChI=1S/C22H23N3O3S/c26-20-11-14(13-25(20)15-5-1-2-6-15)21(27)23-12-16-9-10-18(28-16)22-24-17-7-3-4-8-19(17)29-22/h3-4,7-10,14-15H,1-2,5-6,11-13H2,(H,23,27). The molecule has 1 saturated heterocycles. The van der Waals surface area contributed by atoms with Crippen LogP contribution in [0.15, 0.2) is 40.8 Å². The van der Waals surface area contributed by atoms with E-state index in [1.165, 1.54) is 12.8 Å². The second-order valence-electron chi connectivity index (χ2n) is 7.86. The molecule has 5 rings (SSSR count). The van der Waals surface area contributed by atoms with Crippen molar-refractivity contribution in [1.82, 2.24) is 15.2 Å². The van der Waals surface area contributed by atoms with E-state index in [0.717, 1.165) is 28.1 Å². The molecule has 1 atom stereocenters. The topological polar surface area (TPSA) is 75.4 Å². The van der Waals surface area contributed by atoms with Crippen LogP contribution in [0.3, 0.4) is 0 Å². The van der Waals surface area contributed by atoms with Gasteiger partial charge in [-0.25, -0.2) is 4.98 Å². The average Bonchev–Trinajstić information content (AvgIpc) is 3.51. The number of rotatable bonds is 5. The van der Waals surface area contributed by atoms with E-state index in [2.05, 4.69) is 10.3 Å². The summed E-state index contributed by atoms with van der Waals surface area (Å²) < 4.78 is 7.01. The van der Waals surface area contributed by atoms with E-state index in [9.17, 15) is 9.59 Å². The fraction of sp³-hybridized carbons (Fsp3) is 0.409. The normalized spacial score (nSPS) is 20.1. The quantitative estimate of drug-likeness (QED) is 0.692. The fourth-order valence-electron chi connectivity index (χ4n) is 4.36. The maximum absolute atomic E-state index is 12.6. The average molecular weight is 410 g/mol. The molecule has 3 heterocycles. The van der Waals surface area contributed by atoms with E-state index >= 15 is 0 Å². The first kappa shape index (κ1) is 18.4. The highest BCUT2D eigenvalue weighted by molar-refractivity contribution is 7.21.